The lowest BCUT2D eigenvalue weighted by Crippen LogP contribution is -2.41. The van der Waals surface area contributed by atoms with Crippen molar-refractivity contribution in [3.63, 3.8) is 0 Å². The lowest BCUT2D eigenvalue weighted by molar-refractivity contribution is 0.149. The van der Waals surface area contributed by atoms with Crippen LogP contribution in [0.25, 0.3) is 0 Å². The standard InChI is InChI=1S/C8H14.C5H11N/c1-6-4-7(2)8(3)5-6;1-5-3-6(2)4-5/h6,8H,2,4-5H2,1,3H3;5H,3-4H2,1-2H3. The van der Waals surface area contributed by atoms with Gasteiger partial charge in [0.25, 0.3) is 0 Å². The highest BCUT2D eigenvalue weighted by Gasteiger charge is 2.20. The lowest BCUT2D eigenvalue weighted by Gasteiger charge is -2.33. The van der Waals surface area contributed by atoms with Gasteiger partial charge in [0, 0.05) is 13.1 Å². The number of allylic oxidation sites excluding steroid dienone is 1. The SMILES string of the molecule is C=C1CC(C)CC1C.CC1CN(C)C1. The summed E-state index contributed by atoms with van der Waals surface area (Å²) in [6, 6.07) is 0. The van der Waals surface area contributed by atoms with E-state index in [4.69, 9.17) is 0 Å². The van der Waals surface area contributed by atoms with E-state index in [9.17, 15) is 0 Å². The average Bonchev–Trinajstić information content (AvgIpc) is 2.28. The van der Waals surface area contributed by atoms with Crippen molar-refractivity contribution in [1.82, 2.24) is 4.90 Å². The molecular weight excluding hydrogens is 170 g/mol. The first-order valence-corrected chi connectivity index (χ1v) is 5.85. The van der Waals surface area contributed by atoms with Crippen molar-refractivity contribution in [2.24, 2.45) is 17.8 Å². The average molecular weight is 195 g/mol. The molecule has 82 valence electrons. The monoisotopic (exact) mass is 195 g/mol. The molecule has 0 N–H and O–H groups in total. The van der Waals surface area contributed by atoms with Crippen LogP contribution in [-0.2, 0) is 0 Å². The number of hydrogen-bond donors (Lipinski definition) is 0. The van der Waals surface area contributed by atoms with Crippen molar-refractivity contribution < 1.29 is 0 Å². The van der Waals surface area contributed by atoms with E-state index in [1.54, 1.807) is 0 Å². The molecular formula is C13H25N. The largest absolute Gasteiger partial charge is 0.306 e. The summed E-state index contributed by atoms with van der Waals surface area (Å²) >= 11 is 0. The van der Waals surface area contributed by atoms with Crippen molar-refractivity contribution >= 4 is 0 Å². The molecule has 1 saturated carbocycles. The Balaban J connectivity index is 0.000000146. The summed E-state index contributed by atoms with van der Waals surface area (Å²) < 4.78 is 0. The third kappa shape index (κ3) is 3.45. The van der Waals surface area contributed by atoms with Gasteiger partial charge in [0.2, 0.25) is 0 Å². The molecule has 14 heavy (non-hydrogen) atoms. The number of nitrogens with zero attached hydrogens (tertiary/aromatic N) is 1. The Hall–Kier alpha value is -0.300. The summed E-state index contributed by atoms with van der Waals surface area (Å²) in [7, 11) is 2.15. The van der Waals surface area contributed by atoms with Gasteiger partial charge in [-0.1, -0.05) is 32.9 Å². The minimum Gasteiger partial charge on any atom is -0.306 e. The normalized spacial score (nSPS) is 33.6. The third-order valence-corrected chi connectivity index (χ3v) is 3.31. The van der Waals surface area contributed by atoms with Crippen LogP contribution in [0.5, 0.6) is 0 Å². The first kappa shape index (κ1) is 11.8. The number of hydrogen-bond acceptors (Lipinski definition) is 1. The Morgan fingerprint density at radius 2 is 1.71 bits per heavy atom. The third-order valence-electron chi connectivity index (χ3n) is 3.31. The fourth-order valence-corrected chi connectivity index (χ4v) is 2.51. The van der Waals surface area contributed by atoms with Gasteiger partial charge >= 0.3 is 0 Å². The molecule has 0 aromatic heterocycles. The maximum Gasteiger partial charge on any atom is 0.00163 e. The fourth-order valence-electron chi connectivity index (χ4n) is 2.51. The Kier molecular flexibility index (Phi) is 4.18. The van der Waals surface area contributed by atoms with Gasteiger partial charge in [-0.25, -0.2) is 0 Å². The first-order valence-electron chi connectivity index (χ1n) is 5.85. The molecule has 0 aromatic rings. The maximum atomic E-state index is 3.99. The van der Waals surface area contributed by atoms with Crippen LogP contribution in [0.1, 0.15) is 33.6 Å². The van der Waals surface area contributed by atoms with Crippen LogP contribution in [0.3, 0.4) is 0 Å². The van der Waals surface area contributed by atoms with Crippen LogP contribution in [0.4, 0.5) is 0 Å². The van der Waals surface area contributed by atoms with Crippen molar-refractivity contribution in [2.75, 3.05) is 20.1 Å². The second-order valence-electron chi connectivity index (χ2n) is 5.43. The molecule has 2 fully saturated rings. The van der Waals surface area contributed by atoms with E-state index >= 15 is 0 Å². The molecule has 1 heterocycles. The molecule has 1 nitrogen and oxygen atoms in total. The van der Waals surface area contributed by atoms with Crippen LogP contribution < -0.4 is 0 Å². The molecule has 0 spiro atoms. The summed E-state index contributed by atoms with van der Waals surface area (Å²) in [5, 5.41) is 0. The molecule has 0 aromatic carbocycles. The molecule has 0 amide bonds. The topological polar surface area (TPSA) is 3.24 Å². The highest BCUT2D eigenvalue weighted by molar-refractivity contribution is 5.05. The van der Waals surface area contributed by atoms with E-state index in [1.807, 2.05) is 0 Å². The summed E-state index contributed by atoms with van der Waals surface area (Å²) in [6.07, 6.45) is 2.62. The van der Waals surface area contributed by atoms with Gasteiger partial charge in [-0.05, 0) is 37.6 Å². The minimum atomic E-state index is 0.796. The molecule has 2 rings (SSSR count). The Morgan fingerprint density at radius 3 is 1.79 bits per heavy atom. The van der Waals surface area contributed by atoms with Crippen molar-refractivity contribution in [2.45, 2.75) is 33.6 Å². The van der Waals surface area contributed by atoms with Gasteiger partial charge in [0.1, 0.15) is 0 Å². The molecule has 0 radical (unpaired) electrons. The van der Waals surface area contributed by atoms with Crippen LogP contribution in [0, 0.1) is 17.8 Å². The Morgan fingerprint density at radius 1 is 1.14 bits per heavy atom. The molecule has 2 unspecified atom stereocenters. The van der Waals surface area contributed by atoms with E-state index in [-0.39, 0.29) is 0 Å². The lowest BCUT2D eigenvalue weighted by atomic mass is 10.1. The summed E-state index contributed by atoms with van der Waals surface area (Å²) in [6.45, 7) is 13.4. The second-order valence-corrected chi connectivity index (χ2v) is 5.43. The van der Waals surface area contributed by atoms with Crippen molar-refractivity contribution in [1.29, 1.82) is 0 Å². The Labute approximate surface area is 89.2 Å². The van der Waals surface area contributed by atoms with Gasteiger partial charge in [0.15, 0.2) is 0 Å². The molecule has 1 aliphatic carbocycles. The maximum absolute atomic E-state index is 3.99. The zero-order chi connectivity index (χ0) is 10.7. The summed E-state index contributed by atoms with van der Waals surface area (Å²) in [5.41, 5.74) is 1.46. The highest BCUT2D eigenvalue weighted by atomic mass is 15.2. The Bertz CT molecular complexity index is 185. The predicted molar refractivity (Wildman–Crippen MR) is 63.4 cm³/mol. The van der Waals surface area contributed by atoms with Gasteiger partial charge in [-0.3, -0.25) is 0 Å². The highest BCUT2D eigenvalue weighted by Crippen LogP contribution is 2.33. The zero-order valence-electron chi connectivity index (χ0n) is 10.2. The van der Waals surface area contributed by atoms with E-state index in [1.165, 1.54) is 31.5 Å². The fraction of sp³-hybridized carbons (Fsp3) is 0.846. The van der Waals surface area contributed by atoms with Gasteiger partial charge in [-0.15, -0.1) is 0 Å². The van der Waals surface area contributed by atoms with Crippen molar-refractivity contribution in [3.05, 3.63) is 12.2 Å². The van der Waals surface area contributed by atoms with E-state index < -0.39 is 0 Å². The number of likely N-dealkylation sites (tertiary alicyclic amines) is 1. The molecule has 1 aliphatic heterocycles. The molecule has 0 bridgehead atoms. The molecule has 1 saturated heterocycles. The van der Waals surface area contributed by atoms with Crippen LogP contribution >= 0.6 is 0 Å². The second kappa shape index (κ2) is 4.97. The molecule has 2 aliphatic rings. The van der Waals surface area contributed by atoms with Gasteiger partial charge in [-0.2, -0.15) is 0 Å². The van der Waals surface area contributed by atoms with Crippen LogP contribution in [0.15, 0.2) is 12.2 Å². The van der Waals surface area contributed by atoms with E-state index in [2.05, 4.69) is 39.3 Å². The van der Waals surface area contributed by atoms with E-state index in [0.717, 1.165) is 17.8 Å². The van der Waals surface area contributed by atoms with Gasteiger partial charge in [0.05, 0.1) is 0 Å². The summed E-state index contributed by atoms with van der Waals surface area (Å²) in [5.74, 6) is 2.66. The van der Waals surface area contributed by atoms with Crippen LogP contribution in [0.2, 0.25) is 0 Å². The van der Waals surface area contributed by atoms with E-state index in [0.29, 0.717) is 0 Å². The van der Waals surface area contributed by atoms with Crippen molar-refractivity contribution in [3.8, 4) is 0 Å². The molecule has 2 atom stereocenters. The zero-order valence-corrected chi connectivity index (χ0v) is 10.2. The molecule has 1 heteroatoms. The minimum absolute atomic E-state index is 0.796. The number of rotatable bonds is 0. The van der Waals surface area contributed by atoms with Crippen LogP contribution in [-0.4, -0.2) is 25.0 Å². The first-order chi connectivity index (χ1) is 6.49. The predicted octanol–water partition coefficient (Wildman–Crippen LogP) is 3.18. The smallest absolute Gasteiger partial charge is 0.00163 e. The summed E-state index contributed by atoms with van der Waals surface area (Å²) in [4.78, 5) is 2.32. The quantitative estimate of drug-likeness (QED) is 0.537. The van der Waals surface area contributed by atoms with Gasteiger partial charge < -0.3 is 4.90 Å².